The Labute approximate surface area is 192 Å². The number of hydrogen-bond donors (Lipinski definition) is 2. The van der Waals surface area contributed by atoms with E-state index in [9.17, 15) is 0 Å². The summed E-state index contributed by atoms with van der Waals surface area (Å²) in [6, 6.07) is 6.39. The highest BCUT2D eigenvalue weighted by atomic mass is 14.9. The first kappa shape index (κ1) is 26.8. The zero-order valence-electron chi connectivity index (χ0n) is 20.6. The predicted octanol–water partition coefficient (Wildman–Crippen LogP) is 8.64. The summed E-state index contributed by atoms with van der Waals surface area (Å²) in [5, 5.41) is 6.95. The number of allylic oxidation sites excluding steroid dienone is 3. The molecule has 0 aliphatic heterocycles. The molecule has 0 radical (unpaired) electrons. The molecule has 2 nitrogen and oxygen atoms in total. The molecule has 0 heterocycles. The second kappa shape index (κ2) is 15.6. The van der Waals surface area contributed by atoms with E-state index >= 15 is 0 Å². The Morgan fingerprint density at radius 1 is 1.16 bits per heavy atom. The number of rotatable bonds is 17. The summed E-state index contributed by atoms with van der Waals surface area (Å²) < 4.78 is 0. The minimum atomic E-state index is 0.733. The largest absolute Gasteiger partial charge is 0.386 e. The molecule has 2 heteroatoms. The van der Waals surface area contributed by atoms with Gasteiger partial charge in [0.1, 0.15) is 0 Å². The van der Waals surface area contributed by atoms with Crippen LogP contribution in [0, 0.1) is 18.8 Å². The van der Waals surface area contributed by atoms with E-state index < -0.39 is 0 Å². The van der Waals surface area contributed by atoms with Crippen LogP contribution in [0.4, 0.5) is 5.69 Å². The molecule has 0 fully saturated rings. The maximum absolute atomic E-state index is 4.30. The van der Waals surface area contributed by atoms with E-state index in [-0.39, 0.29) is 0 Å². The van der Waals surface area contributed by atoms with Crippen LogP contribution in [-0.2, 0) is 0 Å². The number of hydrogen-bond acceptors (Lipinski definition) is 2. The van der Waals surface area contributed by atoms with Gasteiger partial charge in [0, 0.05) is 29.2 Å². The lowest BCUT2D eigenvalue weighted by atomic mass is 9.88. The third kappa shape index (κ3) is 11.1. The van der Waals surface area contributed by atoms with E-state index in [1.807, 2.05) is 6.08 Å². The lowest BCUT2D eigenvalue weighted by Gasteiger charge is -2.19. The minimum absolute atomic E-state index is 0.733. The predicted molar refractivity (Wildman–Crippen MR) is 141 cm³/mol. The van der Waals surface area contributed by atoms with E-state index in [0.29, 0.717) is 0 Å². The van der Waals surface area contributed by atoms with Crippen LogP contribution in [0.2, 0.25) is 0 Å². The summed E-state index contributed by atoms with van der Waals surface area (Å²) in [4.78, 5) is 0. The van der Waals surface area contributed by atoms with Gasteiger partial charge in [-0.05, 0) is 68.6 Å². The number of benzene rings is 1. The van der Waals surface area contributed by atoms with Crippen molar-refractivity contribution in [3.05, 3.63) is 72.6 Å². The average Bonchev–Trinajstić information content (AvgIpc) is 2.73. The van der Waals surface area contributed by atoms with Crippen molar-refractivity contribution in [2.24, 2.45) is 11.8 Å². The molecule has 0 saturated carbocycles. The number of anilines is 1. The average molecular weight is 423 g/mol. The molecule has 2 N–H and O–H groups in total. The third-order valence-electron chi connectivity index (χ3n) is 5.94. The molecule has 2 atom stereocenters. The Morgan fingerprint density at radius 3 is 2.61 bits per heavy atom. The molecule has 1 rings (SSSR count). The summed E-state index contributed by atoms with van der Waals surface area (Å²) in [6.07, 6.45) is 15.7. The lowest BCUT2D eigenvalue weighted by Crippen LogP contribution is -2.11. The minimum Gasteiger partial charge on any atom is -0.386 e. The highest BCUT2D eigenvalue weighted by Crippen LogP contribution is 2.26. The molecule has 0 aliphatic carbocycles. The van der Waals surface area contributed by atoms with Gasteiger partial charge in [0.25, 0.3) is 0 Å². The van der Waals surface area contributed by atoms with Gasteiger partial charge in [-0.2, -0.15) is 0 Å². The van der Waals surface area contributed by atoms with Gasteiger partial charge in [0.05, 0.1) is 0 Å². The van der Waals surface area contributed by atoms with Crippen molar-refractivity contribution in [3.8, 4) is 0 Å². The van der Waals surface area contributed by atoms with Crippen LogP contribution in [0.25, 0.3) is 6.08 Å². The molecule has 0 saturated heterocycles. The van der Waals surface area contributed by atoms with E-state index in [4.69, 9.17) is 0 Å². The molecular formula is C29H46N2. The molecule has 172 valence electrons. The standard InChI is InChI=1S/C29H46N2/c1-8-11-21-30-25(6)19-20-28-24(5)15-12-18-29(28)31-26(7)16-13-17-27(10-3)22-23(4)14-9-2/h9,12,15,18-20,23,27,30-31H,2,6-8,10-11,13-14,16-17,21-22H2,1,3-5H3/b20-19-. The van der Waals surface area contributed by atoms with Gasteiger partial charge in [0.15, 0.2) is 0 Å². The van der Waals surface area contributed by atoms with E-state index in [1.165, 1.54) is 43.2 Å². The van der Waals surface area contributed by atoms with E-state index in [2.05, 4.69) is 88.4 Å². The Morgan fingerprint density at radius 2 is 1.94 bits per heavy atom. The van der Waals surface area contributed by atoms with Crippen LogP contribution in [-0.4, -0.2) is 6.54 Å². The van der Waals surface area contributed by atoms with Gasteiger partial charge < -0.3 is 10.6 Å². The van der Waals surface area contributed by atoms with Crippen molar-refractivity contribution in [1.29, 1.82) is 0 Å². The fourth-order valence-electron chi connectivity index (χ4n) is 3.97. The summed E-state index contributed by atoms with van der Waals surface area (Å²) >= 11 is 0. The van der Waals surface area contributed by atoms with Crippen molar-refractivity contribution in [2.45, 2.75) is 79.1 Å². The van der Waals surface area contributed by atoms with Gasteiger partial charge in [0.2, 0.25) is 0 Å². The molecule has 31 heavy (non-hydrogen) atoms. The smallest absolute Gasteiger partial charge is 0.0457 e. The maximum atomic E-state index is 4.30. The summed E-state index contributed by atoms with van der Waals surface area (Å²) in [5.74, 6) is 1.53. The molecule has 0 spiro atoms. The van der Waals surface area contributed by atoms with Crippen molar-refractivity contribution in [3.63, 3.8) is 0 Å². The second-order valence-corrected chi connectivity index (χ2v) is 8.94. The first-order valence-electron chi connectivity index (χ1n) is 12.2. The Kier molecular flexibility index (Phi) is 13.5. The third-order valence-corrected chi connectivity index (χ3v) is 5.94. The zero-order valence-corrected chi connectivity index (χ0v) is 20.6. The second-order valence-electron chi connectivity index (χ2n) is 8.94. The van der Waals surface area contributed by atoms with E-state index in [1.54, 1.807) is 0 Å². The van der Waals surface area contributed by atoms with Crippen molar-refractivity contribution in [2.75, 3.05) is 11.9 Å². The van der Waals surface area contributed by atoms with Crippen LogP contribution >= 0.6 is 0 Å². The van der Waals surface area contributed by atoms with E-state index in [0.717, 1.165) is 54.7 Å². The summed E-state index contributed by atoms with van der Waals surface area (Å²) in [5.41, 5.74) is 5.62. The molecule has 0 amide bonds. The highest BCUT2D eigenvalue weighted by molar-refractivity contribution is 5.71. The number of unbranched alkanes of at least 4 members (excludes halogenated alkanes) is 1. The van der Waals surface area contributed by atoms with Crippen LogP contribution < -0.4 is 10.6 Å². The summed E-state index contributed by atoms with van der Waals surface area (Å²) in [6.45, 7) is 22.3. The molecule has 0 aromatic heterocycles. The fraction of sp³-hybridized carbons (Fsp3) is 0.517. The van der Waals surface area contributed by atoms with Gasteiger partial charge in [-0.3, -0.25) is 0 Å². The Hall–Kier alpha value is -2.22. The molecule has 0 aliphatic rings. The molecular weight excluding hydrogens is 376 g/mol. The number of nitrogens with one attached hydrogen (secondary N) is 2. The summed E-state index contributed by atoms with van der Waals surface area (Å²) in [7, 11) is 0. The van der Waals surface area contributed by atoms with Crippen LogP contribution in [0.15, 0.2) is 61.5 Å². The Bertz CT molecular complexity index is 713. The van der Waals surface area contributed by atoms with Crippen LogP contribution in [0.3, 0.4) is 0 Å². The highest BCUT2D eigenvalue weighted by Gasteiger charge is 2.11. The monoisotopic (exact) mass is 422 g/mol. The Balaban J connectivity index is 2.61. The van der Waals surface area contributed by atoms with Crippen molar-refractivity contribution >= 4 is 11.8 Å². The van der Waals surface area contributed by atoms with Gasteiger partial charge in [-0.15, -0.1) is 6.58 Å². The van der Waals surface area contributed by atoms with Crippen LogP contribution in [0.1, 0.15) is 83.3 Å². The molecule has 2 unspecified atom stereocenters. The zero-order chi connectivity index (χ0) is 23.1. The van der Waals surface area contributed by atoms with Gasteiger partial charge in [-0.25, -0.2) is 0 Å². The lowest BCUT2D eigenvalue weighted by molar-refractivity contribution is 0.355. The van der Waals surface area contributed by atoms with Gasteiger partial charge in [-0.1, -0.05) is 77.5 Å². The molecule has 0 bridgehead atoms. The molecule has 1 aromatic rings. The fourth-order valence-corrected chi connectivity index (χ4v) is 3.97. The normalized spacial score (nSPS) is 13.0. The van der Waals surface area contributed by atoms with Crippen molar-refractivity contribution in [1.82, 2.24) is 5.32 Å². The SMILES string of the molecule is C=CCC(C)CC(CC)CCCC(=C)Nc1cccc(C)c1/C=C\C(=C)NCCCC. The quantitative estimate of drug-likeness (QED) is 0.149. The molecule has 1 aromatic carbocycles. The first-order valence-corrected chi connectivity index (χ1v) is 12.2. The maximum Gasteiger partial charge on any atom is 0.0457 e. The van der Waals surface area contributed by atoms with Crippen LogP contribution in [0.5, 0.6) is 0 Å². The van der Waals surface area contributed by atoms with Gasteiger partial charge >= 0.3 is 0 Å². The first-order chi connectivity index (χ1) is 14.9. The number of aryl methyl sites for hydroxylation is 1. The van der Waals surface area contributed by atoms with Crippen molar-refractivity contribution < 1.29 is 0 Å². The topological polar surface area (TPSA) is 24.1 Å².